The lowest BCUT2D eigenvalue weighted by Crippen LogP contribution is -2.36. The Morgan fingerprint density at radius 2 is 2.00 bits per heavy atom. The van der Waals surface area contributed by atoms with Crippen molar-refractivity contribution in [3.8, 4) is 0 Å². The van der Waals surface area contributed by atoms with Crippen molar-refractivity contribution in [3.63, 3.8) is 0 Å². The summed E-state index contributed by atoms with van der Waals surface area (Å²) in [5.74, 6) is 0.354. The van der Waals surface area contributed by atoms with E-state index in [1.54, 1.807) is 6.92 Å². The van der Waals surface area contributed by atoms with E-state index in [4.69, 9.17) is 0 Å². The summed E-state index contributed by atoms with van der Waals surface area (Å²) >= 11 is 0. The van der Waals surface area contributed by atoms with Crippen LogP contribution in [0, 0.1) is 5.92 Å². The van der Waals surface area contributed by atoms with Crippen LogP contribution < -0.4 is 5.32 Å². The average molecular weight is 159 g/mol. The molecule has 0 bridgehead atoms. The summed E-state index contributed by atoms with van der Waals surface area (Å²) < 4.78 is 4.54. The van der Waals surface area contributed by atoms with Gasteiger partial charge >= 0.3 is 5.97 Å². The maximum Gasteiger partial charge on any atom is 0.322 e. The second kappa shape index (κ2) is 5.13. The molecule has 0 rings (SSSR count). The summed E-state index contributed by atoms with van der Waals surface area (Å²) in [5, 5.41) is 3.06. The summed E-state index contributed by atoms with van der Waals surface area (Å²) in [6.45, 7) is 6.83. The Morgan fingerprint density at radius 1 is 1.45 bits per heavy atom. The van der Waals surface area contributed by atoms with Crippen molar-refractivity contribution in [1.82, 2.24) is 5.32 Å². The first kappa shape index (κ1) is 10.4. The third kappa shape index (κ3) is 4.79. The molecular formula is C8H17NO2. The number of nitrogens with one attached hydrogen (secondary N) is 1. The molecule has 0 aromatic rings. The van der Waals surface area contributed by atoms with Crippen LogP contribution in [0.4, 0.5) is 0 Å². The molecule has 0 amide bonds. The number of methoxy groups -OCH3 is 1. The summed E-state index contributed by atoms with van der Waals surface area (Å²) in [5.41, 5.74) is 0. The highest BCUT2D eigenvalue weighted by atomic mass is 16.5. The van der Waals surface area contributed by atoms with Crippen LogP contribution in [-0.4, -0.2) is 25.7 Å². The zero-order valence-corrected chi connectivity index (χ0v) is 7.68. The lowest BCUT2D eigenvalue weighted by molar-refractivity contribution is -0.142. The second-order valence-electron chi connectivity index (χ2n) is 3.05. The Kier molecular flexibility index (Phi) is 4.86. The monoisotopic (exact) mass is 159 g/mol. The predicted molar refractivity (Wildman–Crippen MR) is 44.3 cm³/mol. The van der Waals surface area contributed by atoms with Crippen LogP contribution in [-0.2, 0) is 9.53 Å². The summed E-state index contributed by atoms with van der Waals surface area (Å²) in [6.07, 6.45) is 0. The van der Waals surface area contributed by atoms with E-state index in [0.717, 1.165) is 6.54 Å². The SMILES string of the molecule is COC(=O)[C@H](C)NCC(C)C. The Morgan fingerprint density at radius 3 is 2.36 bits per heavy atom. The molecule has 1 N–H and O–H groups in total. The van der Waals surface area contributed by atoms with E-state index < -0.39 is 0 Å². The highest BCUT2D eigenvalue weighted by Crippen LogP contribution is 1.91. The van der Waals surface area contributed by atoms with Crippen LogP contribution in [0.3, 0.4) is 0 Å². The molecule has 0 aliphatic rings. The first-order valence-electron chi connectivity index (χ1n) is 3.89. The molecule has 0 aromatic heterocycles. The predicted octanol–water partition coefficient (Wildman–Crippen LogP) is 0.793. The molecule has 66 valence electrons. The molecular weight excluding hydrogens is 142 g/mol. The van der Waals surface area contributed by atoms with E-state index >= 15 is 0 Å². The van der Waals surface area contributed by atoms with Gasteiger partial charge in [-0.2, -0.15) is 0 Å². The fourth-order valence-electron chi connectivity index (χ4n) is 0.673. The lowest BCUT2D eigenvalue weighted by Gasteiger charge is -2.12. The Bertz CT molecular complexity index is 123. The van der Waals surface area contributed by atoms with Crippen molar-refractivity contribution < 1.29 is 9.53 Å². The minimum atomic E-state index is -0.203. The molecule has 3 heteroatoms. The summed E-state index contributed by atoms with van der Waals surface area (Å²) in [4.78, 5) is 10.8. The van der Waals surface area contributed by atoms with E-state index in [0.29, 0.717) is 5.92 Å². The molecule has 0 radical (unpaired) electrons. The highest BCUT2D eigenvalue weighted by molar-refractivity contribution is 5.74. The molecule has 11 heavy (non-hydrogen) atoms. The number of esters is 1. The number of hydrogen-bond donors (Lipinski definition) is 1. The van der Waals surface area contributed by atoms with Gasteiger partial charge in [0.05, 0.1) is 7.11 Å². The average Bonchev–Trinajstić information content (AvgIpc) is 1.98. The number of rotatable bonds is 4. The molecule has 0 aliphatic carbocycles. The Labute approximate surface area is 68.1 Å². The fourth-order valence-corrected chi connectivity index (χ4v) is 0.673. The van der Waals surface area contributed by atoms with E-state index in [2.05, 4.69) is 23.9 Å². The molecule has 0 spiro atoms. The topological polar surface area (TPSA) is 38.3 Å². The van der Waals surface area contributed by atoms with Gasteiger partial charge in [-0.1, -0.05) is 13.8 Å². The molecule has 3 nitrogen and oxygen atoms in total. The largest absolute Gasteiger partial charge is 0.468 e. The zero-order chi connectivity index (χ0) is 8.85. The van der Waals surface area contributed by atoms with Gasteiger partial charge in [0.1, 0.15) is 6.04 Å². The van der Waals surface area contributed by atoms with Gasteiger partial charge in [0.25, 0.3) is 0 Å². The quantitative estimate of drug-likeness (QED) is 0.616. The molecule has 0 unspecified atom stereocenters. The van der Waals surface area contributed by atoms with E-state index in [1.165, 1.54) is 7.11 Å². The molecule has 0 aliphatic heterocycles. The Hall–Kier alpha value is -0.570. The van der Waals surface area contributed by atoms with Gasteiger partial charge in [-0.25, -0.2) is 0 Å². The normalized spacial score (nSPS) is 13.2. The van der Waals surface area contributed by atoms with Crippen molar-refractivity contribution in [1.29, 1.82) is 0 Å². The second-order valence-corrected chi connectivity index (χ2v) is 3.05. The van der Waals surface area contributed by atoms with Gasteiger partial charge in [-0.05, 0) is 19.4 Å². The van der Waals surface area contributed by atoms with Crippen molar-refractivity contribution in [2.75, 3.05) is 13.7 Å². The van der Waals surface area contributed by atoms with Crippen molar-refractivity contribution in [3.05, 3.63) is 0 Å². The third-order valence-corrected chi connectivity index (χ3v) is 1.39. The van der Waals surface area contributed by atoms with Crippen LogP contribution in [0.15, 0.2) is 0 Å². The van der Waals surface area contributed by atoms with Crippen LogP contribution in [0.1, 0.15) is 20.8 Å². The number of carbonyl (C=O) groups excluding carboxylic acids is 1. The molecule has 0 heterocycles. The van der Waals surface area contributed by atoms with E-state index in [-0.39, 0.29) is 12.0 Å². The van der Waals surface area contributed by atoms with E-state index in [1.807, 2.05) is 0 Å². The van der Waals surface area contributed by atoms with Gasteiger partial charge in [-0.3, -0.25) is 4.79 Å². The maximum absolute atomic E-state index is 10.8. The minimum Gasteiger partial charge on any atom is -0.468 e. The maximum atomic E-state index is 10.8. The zero-order valence-electron chi connectivity index (χ0n) is 7.68. The van der Waals surface area contributed by atoms with Gasteiger partial charge < -0.3 is 10.1 Å². The highest BCUT2D eigenvalue weighted by Gasteiger charge is 2.11. The van der Waals surface area contributed by atoms with Gasteiger partial charge in [0.2, 0.25) is 0 Å². The van der Waals surface area contributed by atoms with Gasteiger partial charge in [0.15, 0.2) is 0 Å². The summed E-state index contributed by atoms with van der Waals surface area (Å²) in [6, 6.07) is -0.192. The van der Waals surface area contributed by atoms with Gasteiger partial charge in [0, 0.05) is 0 Å². The van der Waals surface area contributed by atoms with Crippen LogP contribution in [0.5, 0.6) is 0 Å². The number of ether oxygens (including phenoxy) is 1. The standard InChI is InChI=1S/C8H17NO2/c1-6(2)5-9-7(3)8(10)11-4/h6-7,9H,5H2,1-4H3/t7-/m0/s1. The van der Waals surface area contributed by atoms with Gasteiger partial charge in [-0.15, -0.1) is 0 Å². The Balaban J connectivity index is 3.52. The van der Waals surface area contributed by atoms with Crippen LogP contribution in [0.2, 0.25) is 0 Å². The van der Waals surface area contributed by atoms with Crippen molar-refractivity contribution in [2.45, 2.75) is 26.8 Å². The van der Waals surface area contributed by atoms with E-state index in [9.17, 15) is 4.79 Å². The van der Waals surface area contributed by atoms with Crippen LogP contribution in [0.25, 0.3) is 0 Å². The minimum absolute atomic E-state index is 0.192. The van der Waals surface area contributed by atoms with Crippen LogP contribution >= 0.6 is 0 Å². The molecule has 0 saturated carbocycles. The first-order valence-corrected chi connectivity index (χ1v) is 3.89. The number of hydrogen-bond acceptors (Lipinski definition) is 3. The molecule has 1 atom stereocenters. The summed E-state index contributed by atoms with van der Waals surface area (Å²) in [7, 11) is 1.40. The molecule has 0 aromatic carbocycles. The first-order chi connectivity index (χ1) is 5.07. The molecule has 0 fully saturated rings. The van der Waals surface area contributed by atoms with Crippen molar-refractivity contribution in [2.24, 2.45) is 5.92 Å². The van der Waals surface area contributed by atoms with Crippen molar-refractivity contribution >= 4 is 5.97 Å². The fraction of sp³-hybridized carbons (Fsp3) is 0.875. The smallest absolute Gasteiger partial charge is 0.322 e. The lowest BCUT2D eigenvalue weighted by atomic mass is 10.2. The third-order valence-electron chi connectivity index (χ3n) is 1.39. The number of carbonyl (C=O) groups is 1. The molecule has 0 saturated heterocycles.